The Balaban J connectivity index is 2.04. The Morgan fingerprint density at radius 2 is 1.95 bits per heavy atom. The summed E-state index contributed by atoms with van der Waals surface area (Å²) in [5, 5.41) is 3.31. The Labute approximate surface area is 118 Å². The molecular formula is C15H19FN2O2. The monoisotopic (exact) mass is 278 g/mol. The highest BCUT2D eigenvalue weighted by Gasteiger charge is 2.35. The third kappa shape index (κ3) is 3.04. The van der Waals surface area contributed by atoms with Crippen LogP contribution >= 0.6 is 0 Å². The van der Waals surface area contributed by atoms with Crippen LogP contribution in [0.4, 0.5) is 10.1 Å². The van der Waals surface area contributed by atoms with Crippen LogP contribution in [0.5, 0.6) is 0 Å². The van der Waals surface area contributed by atoms with Gasteiger partial charge >= 0.3 is 0 Å². The van der Waals surface area contributed by atoms with E-state index in [1.807, 2.05) is 0 Å². The van der Waals surface area contributed by atoms with E-state index in [1.165, 1.54) is 23.1 Å². The van der Waals surface area contributed by atoms with E-state index >= 15 is 0 Å². The van der Waals surface area contributed by atoms with E-state index < -0.39 is 17.5 Å². The second kappa shape index (κ2) is 5.32. The molecule has 0 aromatic heterocycles. The molecule has 0 radical (unpaired) electrons. The lowest BCUT2D eigenvalue weighted by atomic mass is 10.1. The van der Waals surface area contributed by atoms with Crippen LogP contribution < -0.4 is 10.2 Å². The molecule has 1 amide bonds. The fraction of sp³-hybridized carbons (Fsp3) is 0.467. The summed E-state index contributed by atoms with van der Waals surface area (Å²) < 4.78 is 13.3. The predicted molar refractivity (Wildman–Crippen MR) is 75.5 cm³/mol. The van der Waals surface area contributed by atoms with Crippen molar-refractivity contribution in [2.45, 2.75) is 32.7 Å². The molecule has 0 bridgehead atoms. The second-order valence-corrected chi connectivity index (χ2v) is 5.98. The first-order valence-corrected chi connectivity index (χ1v) is 6.70. The summed E-state index contributed by atoms with van der Waals surface area (Å²) >= 11 is 0. The molecule has 2 rings (SSSR count). The van der Waals surface area contributed by atoms with E-state index in [1.54, 1.807) is 0 Å². The van der Waals surface area contributed by atoms with Crippen LogP contribution in [0.2, 0.25) is 0 Å². The van der Waals surface area contributed by atoms with Gasteiger partial charge in [0, 0.05) is 12.1 Å². The van der Waals surface area contributed by atoms with Crippen molar-refractivity contribution in [3.63, 3.8) is 0 Å². The number of carbonyl (C=O) groups is 2. The first-order valence-electron chi connectivity index (χ1n) is 6.70. The maximum absolute atomic E-state index is 13.3. The Hall–Kier alpha value is -1.75. The zero-order chi connectivity index (χ0) is 14.9. The summed E-state index contributed by atoms with van der Waals surface area (Å²) in [6.45, 7) is 7.31. The number of amides is 1. The molecule has 1 aromatic rings. The highest BCUT2D eigenvalue weighted by atomic mass is 19.1. The van der Waals surface area contributed by atoms with Gasteiger partial charge in [-0.1, -0.05) is 0 Å². The van der Waals surface area contributed by atoms with Crippen LogP contribution in [-0.4, -0.2) is 30.3 Å². The van der Waals surface area contributed by atoms with Gasteiger partial charge in [0.2, 0.25) is 0 Å². The number of hydrogen-bond acceptors (Lipinski definition) is 3. The molecule has 4 nitrogen and oxygen atoms in total. The summed E-state index contributed by atoms with van der Waals surface area (Å²) in [5.74, 6) is -1.56. The maximum Gasteiger partial charge on any atom is 0.299 e. The van der Waals surface area contributed by atoms with E-state index in [-0.39, 0.29) is 5.54 Å². The van der Waals surface area contributed by atoms with Crippen molar-refractivity contribution in [1.29, 1.82) is 0 Å². The van der Waals surface area contributed by atoms with Crippen LogP contribution in [0.15, 0.2) is 18.2 Å². The van der Waals surface area contributed by atoms with Crippen LogP contribution in [0.3, 0.4) is 0 Å². The van der Waals surface area contributed by atoms with Crippen LogP contribution in [0.1, 0.15) is 37.6 Å². The van der Waals surface area contributed by atoms with Crippen molar-refractivity contribution in [2.24, 2.45) is 0 Å². The molecule has 0 saturated heterocycles. The third-order valence-corrected chi connectivity index (χ3v) is 3.15. The number of nitrogens with zero attached hydrogens (tertiary/aromatic N) is 1. The van der Waals surface area contributed by atoms with Gasteiger partial charge in [0.1, 0.15) is 5.82 Å². The van der Waals surface area contributed by atoms with Crippen molar-refractivity contribution >= 4 is 17.4 Å². The number of fused-ring (bicyclic) bond motifs is 1. The molecule has 0 saturated carbocycles. The van der Waals surface area contributed by atoms with E-state index in [4.69, 9.17) is 0 Å². The first-order chi connectivity index (χ1) is 9.29. The Kier molecular flexibility index (Phi) is 3.90. The Morgan fingerprint density at radius 3 is 2.60 bits per heavy atom. The summed E-state index contributed by atoms with van der Waals surface area (Å²) in [7, 11) is 0. The Morgan fingerprint density at radius 1 is 1.25 bits per heavy atom. The minimum absolute atomic E-state index is 0.00878. The number of benzene rings is 1. The number of ketones is 1. The summed E-state index contributed by atoms with van der Waals surface area (Å²) in [4.78, 5) is 25.0. The molecule has 1 aliphatic rings. The molecule has 0 unspecified atom stereocenters. The average molecular weight is 278 g/mol. The minimum Gasteiger partial charge on any atom is -0.312 e. The molecule has 0 atom stereocenters. The van der Waals surface area contributed by atoms with Gasteiger partial charge in [-0.25, -0.2) is 4.39 Å². The van der Waals surface area contributed by atoms with Crippen LogP contribution in [0.25, 0.3) is 0 Å². The molecule has 0 fully saturated rings. The van der Waals surface area contributed by atoms with Gasteiger partial charge in [-0.15, -0.1) is 0 Å². The number of Topliss-reactive ketones (excluding diaryl/α,β-unsaturated/α-hetero) is 1. The number of halogens is 1. The topological polar surface area (TPSA) is 49.4 Å². The van der Waals surface area contributed by atoms with Crippen molar-refractivity contribution in [2.75, 3.05) is 18.0 Å². The molecule has 1 aliphatic heterocycles. The molecule has 1 N–H and O–H groups in total. The van der Waals surface area contributed by atoms with E-state index in [0.717, 1.165) is 6.54 Å². The van der Waals surface area contributed by atoms with Gasteiger partial charge in [-0.2, -0.15) is 0 Å². The predicted octanol–water partition coefficient (Wildman–Crippen LogP) is 2.13. The molecule has 5 heteroatoms. The molecule has 1 heterocycles. The number of rotatable bonds is 4. The quantitative estimate of drug-likeness (QED) is 0.678. The van der Waals surface area contributed by atoms with Crippen molar-refractivity contribution in [3.05, 3.63) is 29.6 Å². The average Bonchev–Trinajstić information content (AvgIpc) is 2.57. The van der Waals surface area contributed by atoms with Crippen molar-refractivity contribution in [3.8, 4) is 0 Å². The third-order valence-electron chi connectivity index (χ3n) is 3.15. The lowest BCUT2D eigenvalue weighted by molar-refractivity contribution is -0.114. The minimum atomic E-state index is -0.568. The first kappa shape index (κ1) is 14.7. The Bertz CT molecular complexity index is 549. The largest absolute Gasteiger partial charge is 0.312 e. The van der Waals surface area contributed by atoms with Gasteiger partial charge in [0.25, 0.3) is 11.7 Å². The second-order valence-electron chi connectivity index (χ2n) is 5.98. The van der Waals surface area contributed by atoms with Crippen LogP contribution in [0, 0.1) is 5.82 Å². The molecule has 20 heavy (non-hydrogen) atoms. The van der Waals surface area contributed by atoms with Gasteiger partial charge in [0.15, 0.2) is 0 Å². The van der Waals surface area contributed by atoms with E-state index in [2.05, 4.69) is 26.1 Å². The van der Waals surface area contributed by atoms with Crippen molar-refractivity contribution in [1.82, 2.24) is 5.32 Å². The van der Waals surface area contributed by atoms with Gasteiger partial charge in [0.05, 0.1) is 11.3 Å². The highest BCUT2D eigenvalue weighted by Crippen LogP contribution is 2.29. The zero-order valence-electron chi connectivity index (χ0n) is 12.0. The number of nitrogens with one attached hydrogen (secondary N) is 1. The lowest BCUT2D eigenvalue weighted by Gasteiger charge is -2.22. The number of anilines is 1. The van der Waals surface area contributed by atoms with Crippen molar-refractivity contribution < 1.29 is 14.0 Å². The lowest BCUT2D eigenvalue weighted by Crippen LogP contribution is -2.38. The van der Waals surface area contributed by atoms with Gasteiger partial charge in [-0.3, -0.25) is 9.59 Å². The fourth-order valence-electron chi connectivity index (χ4n) is 2.19. The fourth-order valence-corrected chi connectivity index (χ4v) is 2.19. The molecular weight excluding hydrogens is 259 g/mol. The van der Waals surface area contributed by atoms with Gasteiger partial charge < -0.3 is 10.2 Å². The standard InChI is InChI=1S/C15H19FN2O2/c1-15(2,3)17-7-4-8-18-12-9-10(16)5-6-11(12)13(19)14(18)20/h5-6,9,17H,4,7-8H2,1-3H3. The maximum atomic E-state index is 13.3. The normalized spacial score (nSPS) is 14.9. The highest BCUT2D eigenvalue weighted by molar-refractivity contribution is 6.52. The summed E-state index contributed by atoms with van der Waals surface area (Å²) in [6.07, 6.45) is 0.701. The summed E-state index contributed by atoms with van der Waals surface area (Å²) in [5.41, 5.74) is 0.686. The van der Waals surface area contributed by atoms with E-state index in [9.17, 15) is 14.0 Å². The smallest absolute Gasteiger partial charge is 0.299 e. The molecule has 0 spiro atoms. The summed E-state index contributed by atoms with van der Waals surface area (Å²) in [6, 6.07) is 3.82. The number of hydrogen-bond donors (Lipinski definition) is 1. The molecule has 108 valence electrons. The van der Waals surface area contributed by atoms with E-state index in [0.29, 0.717) is 24.2 Å². The molecule has 0 aliphatic carbocycles. The van der Waals surface area contributed by atoms with Crippen LogP contribution in [-0.2, 0) is 4.79 Å². The van der Waals surface area contributed by atoms with Gasteiger partial charge in [-0.05, 0) is 51.9 Å². The SMILES string of the molecule is CC(C)(C)NCCCN1C(=O)C(=O)c2ccc(F)cc21. The number of carbonyl (C=O) groups excluding carboxylic acids is 2. The molecule has 1 aromatic carbocycles. The zero-order valence-corrected chi connectivity index (χ0v) is 12.0.